The molecule has 110 valence electrons. The van der Waals surface area contributed by atoms with Crippen molar-refractivity contribution in [2.45, 2.75) is 13.5 Å². The van der Waals surface area contributed by atoms with Gasteiger partial charge in [0.25, 0.3) is 0 Å². The van der Waals surface area contributed by atoms with Gasteiger partial charge in [0.1, 0.15) is 12.4 Å². The third-order valence-electron chi connectivity index (χ3n) is 2.80. The van der Waals surface area contributed by atoms with Gasteiger partial charge >= 0.3 is 5.97 Å². The van der Waals surface area contributed by atoms with Crippen LogP contribution in [0.1, 0.15) is 21.7 Å². The van der Waals surface area contributed by atoms with Gasteiger partial charge in [-0.25, -0.2) is 4.79 Å². The molecule has 0 fully saturated rings. The Morgan fingerprint density at radius 1 is 1.33 bits per heavy atom. The van der Waals surface area contributed by atoms with E-state index in [1.165, 1.54) is 6.07 Å². The Labute approximate surface area is 127 Å². The maximum atomic E-state index is 11.9. The molecule has 0 saturated carbocycles. The van der Waals surface area contributed by atoms with Crippen molar-refractivity contribution in [3.63, 3.8) is 0 Å². The highest BCUT2D eigenvalue weighted by Gasteiger charge is 2.10. The summed E-state index contributed by atoms with van der Waals surface area (Å²) < 4.78 is 10.4. The molecule has 0 aliphatic rings. The predicted molar refractivity (Wildman–Crippen MR) is 80.5 cm³/mol. The van der Waals surface area contributed by atoms with Gasteiger partial charge in [-0.15, -0.1) is 0 Å². The molecule has 0 aliphatic heterocycles. The minimum absolute atomic E-state index is 0.0550. The van der Waals surface area contributed by atoms with Gasteiger partial charge in [-0.2, -0.15) is 0 Å². The fourth-order valence-corrected chi connectivity index (χ4v) is 1.91. The number of hydrogen-bond acceptors (Lipinski definition) is 5. The molecule has 0 spiro atoms. The molecule has 0 atom stereocenters. The number of rotatable bonds is 4. The maximum Gasteiger partial charge on any atom is 0.338 e. The second-order valence-corrected chi connectivity index (χ2v) is 4.86. The maximum absolute atomic E-state index is 11.9. The number of esters is 1. The molecule has 2 rings (SSSR count). The van der Waals surface area contributed by atoms with Crippen LogP contribution < -0.4 is 10.5 Å². The Kier molecular flexibility index (Phi) is 4.65. The lowest BCUT2D eigenvalue weighted by Gasteiger charge is -2.08. The van der Waals surface area contributed by atoms with E-state index in [0.29, 0.717) is 27.7 Å². The van der Waals surface area contributed by atoms with Crippen LogP contribution in [-0.2, 0) is 11.3 Å². The number of carbonyl (C=O) groups excluding carboxylic acids is 1. The molecule has 0 amide bonds. The second-order valence-electron chi connectivity index (χ2n) is 4.45. The molecule has 1 heterocycles. The Hall–Kier alpha value is -2.27. The molecule has 0 aliphatic carbocycles. The lowest BCUT2D eigenvalue weighted by atomic mass is 10.2. The van der Waals surface area contributed by atoms with Crippen LogP contribution in [0.3, 0.4) is 0 Å². The first-order valence-corrected chi connectivity index (χ1v) is 6.61. The highest BCUT2D eigenvalue weighted by Crippen LogP contribution is 2.20. The average Bonchev–Trinajstić information content (AvgIpc) is 2.47. The Morgan fingerprint density at radius 2 is 2.10 bits per heavy atom. The number of carbonyl (C=O) groups is 1. The van der Waals surface area contributed by atoms with Crippen LogP contribution in [0, 0.1) is 6.92 Å². The molecule has 2 aromatic rings. The molecule has 1 aromatic heterocycles. The third kappa shape index (κ3) is 3.86. The molecule has 0 saturated heterocycles. The topological polar surface area (TPSA) is 74.4 Å². The van der Waals surface area contributed by atoms with Gasteiger partial charge in [-0.3, -0.25) is 4.98 Å². The summed E-state index contributed by atoms with van der Waals surface area (Å²) in [7, 11) is 1.57. The molecule has 0 bridgehead atoms. The van der Waals surface area contributed by atoms with E-state index >= 15 is 0 Å². The fraction of sp³-hybridized carbons (Fsp3) is 0.200. The summed E-state index contributed by atoms with van der Waals surface area (Å²) in [6, 6.07) is 8.11. The number of halogens is 1. The molecule has 1 aromatic carbocycles. The van der Waals surface area contributed by atoms with E-state index in [1.807, 2.05) is 6.92 Å². The number of nitrogens with two attached hydrogens (primary N) is 1. The minimum Gasteiger partial charge on any atom is -0.497 e. The quantitative estimate of drug-likeness (QED) is 0.694. The number of nitrogen functional groups attached to an aromatic ring is 1. The first-order chi connectivity index (χ1) is 9.99. The van der Waals surface area contributed by atoms with Gasteiger partial charge < -0.3 is 15.2 Å². The van der Waals surface area contributed by atoms with Gasteiger partial charge in [0, 0.05) is 17.8 Å². The van der Waals surface area contributed by atoms with Crippen molar-refractivity contribution in [3.8, 4) is 5.75 Å². The van der Waals surface area contributed by atoms with Gasteiger partial charge in [-0.1, -0.05) is 11.6 Å². The number of pyridine rings is 1. The Morgan fingerprint density at radius 3 is 2.76 bits per heavy atom. The lowest BCUT2D eigenvalue weighted by Crippen LogP contribution is -2.07. The van der Waals surface area contributed by atoms with Crippen molar-refractivity contribution in [3.05, 3.63) is 52.3 Å². The highest BCUT2D eigenvalue weighted by molar-refractivity contribution is 6.33. The minimum atomic E-state index is -0.486. The summed E-state index contributed by atoms with van der Waals surface area (Å²) in [6.45, 7) is 1.90. The molecule has 2 N–H and O–H groups in total. The second kappa shape index (κ2) is 6.45. The smallest absolute Gasteiger partial charge is 0.338 e. The average molecular weight is 307 g/mol. The summed E-state index contributed by atoms with van der Waals surface area (Å²) in [6.07, 6.45) is 0. The zero-order chi connectivity index (χ0) is 15.4. The van der Waals surface area contributed by atoms with Crippen molar-refractivity contribution in [2.24, 2.45) is 0 Å². The normalized spacial score (nSPS) is 10.2. The zero-order valence-electron chi connectivity index (χ0n) is 11.7. The van der Waals surface area contributed by atoms with Crippen LogP contribution in [0.2, 0.25) is 5.02 Å². The van der Waals surface area contributed by atoms with Gasteiger partial charge in [0.05, 0.1) is 29.1 Å². The number of aromatic nitrogens is 1. The van der Waals surface area contributed by atoms with Crippen LogP contribution in [0.4, 0.5) is 5.69 Å². The van der Waals surface area contributed by atoms with E-state index < -0.39 is 5.97 Å². The van der Waals surface area contributed by atoms with Crippen LogP contribution in [0.15, 0.2) is 30.3 Å². The number of anilines is 1. The number of nitrogens with zero attached hydrogens (tertiary/aromatic N) is 1. The summed E-state index contributed by atoms with van der Waals surface area (Å²) in [4.78, 5) is 16.2. The van der Waals surface area contributed by atoms with E-state index in [0.717, 1.165) is 5.69 Å². The van der Waals surface area contributed by atoms with Crippen molar-refractivity contribution in [1.29, 1.82) is 0 Å². The van der Waals surface area contributed by atoms with E-state index in [9.17, 15) is 4.79 Å². The van der Waals surface area contributed by atoms with E-state index in [4.69, 9.17) is 26.8 Å². The summed E-state index contributed by atoms with van der Waals surface area (Å²) >= 11 is 5.81. The fourth-order valence-electron chi connectivity index (χ4n) is 1.79. The SMILES string of the molecule is COc1cc(C)nc(COC(=O)c2ccc(Cl)c(N)c2)c1. The molecule has 6 heteroatoms. The van der Waals surface area contributed by atoms with Crippen LogP contribution in [0.5, 0.6) is 5.75 Å². The Balaban J connectivity index is 2.07. The molecular weight excluding hydrogens is 292 g/mol. The van der Waals surface area contributed by atoms with Crippen molar-refractivity contribution >= 4 is 23.3 Å². The molecule has 0 radical (unpaired) electrons. The standard InChI is InChI=1S/C15H15ClN2O3/c1-9-5-12(20-2)7-11(18-9)8-21-15(19)10-3-4-13(16)14(17)6-10/h3-7H,8,17H2,1-2H3. The summed E-state index contributed by atoms with van der Waals surface area (Å²) in [5, 5.41) is 0.400. The number of methoxy groups -OCH3 is 1. The first-order valence-electron chi connectivity index (χ1n) is 6.23. The molecule has 5 nitrogen and oxygen atoms in total. The van der Waals surface area contributed by atoms with Crippen LogP contribution in [-0.4, -0.2) is 18.1 Å². The van der Waals surface area contributed by atoms with E-state index in [-0.39, 0.29) is 6.61 Å². The van der Waals surface area contributed by atoms with E-state index in [2.05, 4.69) is 4.98 Å². The van der Waals surface area contributed by atoms with Crippen LogP contribution >= 0.6 is 11.6 Å². The van der Waals surface area contributed by atoms with Gasteiger partial charge in [-0.05, 0) is 25.1 Å². The highest BCUT2D eigenvalue weighted by atomic mass is 35.5. The van der Waals surface area contributed by atoms with Crippen molar-refractivity contribution in [1.82, 2.24) is 4.98 Å². The summed E-state index contributed by atoms with van der Waals surface area (Å²) in [5.41, 5.74) is 7.73. The molecule has 0 unspecified atom stereocenters. The molecule has 21 heavy (non-hydrogen) atoms. The number of hydrogen-bond donors (Lipinski definition) is 1. The monoisotopic (exact) mass is 306 g/mol. The Bertz CT molecular complexity index is 674. The lowest BCUT2D eigenvalue weighted by molar-refractivity contribution is 0.0467. The zero-order valence-corrected chi connectivity index (χ0v) is 12.5. The summed E-state index contributed by atoms with van der Waals surface area (Å²) in [5.74, 6) is 0.185. The number of aryl methyl sites for hydroxylation is 1. The number of benzene rings is 1. The van der Waals surface area contributed by atoms with Gasteiger partial charge in [0.2, 0.25) is 0 Å². The predicted octanol–water partition coefficient (Wildman–Crippen LogP) is 2.99. The van der Waals surface area contributed by atoms with Crippen LogP contribution in [0.25, 0.3) is 0 Å². The largest absolute Gasteiger partial charge is 0.497 e. The third-order valence-corrected chi connectivity index (χ3v) is 3.14. The number of ether oxygens (including phenoxy) is 2. The van der Waals surface area contributed by atoms with Gasteiger partial charge in [0.15, 0.2) is 0 Å². The van der Waals surface area contributed by atoms with Crippen molar-refractivity contribution < 1.29 is 14.3 Å². The van der Waals surface area contributed by atoms with Crippen molar-refractivity contribution in [2.75, 3.05) is 12.8 Å². The van der Waals surface area contributed by atoms with E-state index in [1.54, 1.807) is 31.4 Å². The molecular formula is C15H15ClN2O3. The first kappa shape index (κ1) is 15.1.